The van der Waals surface area contributed by atoms with Crippen molar-refractivity contribution in [1.29, 1.82) is 0 Å². The third kappa shape index (κ3) is 3.18. The summed E-state index contributed by atoms with van der Waals surface area (Å²) in [5, 5.41) is 8.90. The van der Waals surface area contributed by atoms with Gasteiger partial charge in [-0.3, -0.25) is 0 Å². The molecule has 0 radical (unpaired) electrons. The van der Waals surface area contributed by atoms with Crippen LogP contribution in [-0.4, -0.2) is 11.1 Å². The second-order valence-electron chi connectivity index (χ2n) is 3.98. The maximum absolute atomic E-state index is 10.8. The molecule has 1 aromatic heterocycles. The van der Waals surface area contributed by atoms with Crippen LogP contribution >= 0.6 is 11.3 Å². The van der Waals surface area contributed by atoms with Crippen LogP contribution in [-0.2, 0) is 18.0 Å². The summed E-state index contributed by atoms with van der Waals surface area (Å²) < 4.78 is 5.59. The summed E-state index contributed by atoms with van der Waals surface area (Å²) in [7, 11) is 0. The Kier molecular flexibility index (Phi) is 4.12. The molecule has 0 saturated heterocycles. The third-order valence-electron chi connectivity index (χ3n) is 2.60. The third-order valence-corrected chi connectivity index (χ3v) is 3.68. The lowest BCUT2D eigenvalue weighted by molar-refractivity contribution is 0.0701. The van der Waals surface area contributed by atoms with E-state index in [0.29, 0.717) is 18.1 Å². The van der Waals surface area contributed by atoms with E-state index in [-0.39, 0.29) is 0 Å². The smallest absolute Gasteiger partial charge is 0.345 e. The highest BCUT2D eigenvalue weighted by atomic mass is 32.1. The molecule has 0 spiro atoms. The molecule has 0 aliphatic heterocycles. The van der Waals surface area contributed by atoms with E-state index in [9.17, 15) is 4.79 Å². The van der Waals surface area contributed by atoms with Gasteiger partial charge in [0.25, 0.3) is 0 Å². The molecule has 2 rings (SSSR count). The van der Waals surface area contributed by atoms with Crippen molar-refractivity contribution in [3.8, 4) is 0 Å². The van der Waals surface area contributed by atoms with Gasteiger partial charge in [0.1, 0.15) is 4.88 Å². The molecule has 0 aliphatic carbocycles. The van der Waals surface area contributed by atoms with Gasteiger partial charge < -0.3 is 9.84 Å². The van der Waals surface area contributed by atoms with Crippen molar-refractivity contribution in [3.05, 3.63) is 57.3 Å². The van der Waals surface area contributed by atoms with E-state index >= 15 is 0 Å². The normalized spacial score (nSPS) is 10.5. The Hall–Kier alpha value is -1.65. The minimum absolute atomic E-state index is 0.366. The van der Waals surface area contributed by atoms with Gasteiger partial charge in [-0.2, -0.15) is 0 Å². The zero-order valence-corrected chi connectivity index (χ0v) is 10.9. The van der Waals surface area contributed by atoms with Crippen LogP contribution < -0.4 is 0 Å². The van der Waals surface area contributed by atoms with Crippen LogP contribution in [0, 0.1) is 6.92 Å². The first-order chi connectivity index (χ1) is 8.66. The Balaban J connectivity index is 1.92. The SMILES string of the molecule is Cc1sc(C(=O)O)cc1COCc1ccccc1. The molecule has 0 bridgehead atoms. The van der Waals surface area contributed by atoms with E-state index in [1.165, 1.54) is 11.3 Å². The Labute approximate surface area is 110 Å². The lowest BCUT2D eigenvalue weighted by atomic mass is 10.2. The number of ether oxygens (including phenoxy) is 1. The van der Waals surface area contributed by atoms with Crippen LogP contribution in [0.15, 0.2) is 36.4 Å². The van der Waals surface area contributed by atoms with E-state index in [1.54, 1.807) is 6.07 Å². The molecule has 4 heteroatoms. The number of aromatic carboxylic acids is 1. The van der Waals surface area contributed by atoms with Crippen LogP contribution in [0.2, 0.25) is 0 Å². The molecule has 1 aromatic carbocycles. The predicted octanol–water partition coefficient (Wildman–Crippen LogP) is 3.47. The Morgan fingerprint density at radius 2 is 2.00 bits per heavy atom. The average molecular weight is 262 g/mol. The molecular weight excluding hydrogens is 248 g/mol. The van der Waals surface area contributed by atoms with Gasteiger partial charge in [0, 0.05) is 4.88 Å². The molecule has 94 valence electrons. The maximum Gasteiger partial charge on any atom is 0.345 e. The number of benzene rings is 1. The predicted molar refractivity (Wildman–Crippen MR) is 71.0 cm³/mol. The van der Waals surface area contributed by atoms with Gasteiger partial charge in [-0.05, 0) is 24.1 Å². The van der Waals surface area contributed by atoms with E-state index in [4.69, 9.17) is 9.84 Å². The summed E-state index contributed by atoms with van der Waals surface area (Å²) in [5.41, 5.74) is 2.07. The van der Waals surface area contributed by atoms with Crippen LogP contribution in [0.3, 0.4) is 0 Å². The number of carboxylic acids is 1. The van der Waals surface area contributed by atoms with Crippen molar-refractivity contribution in [2.24, 2.45) is 0 Å². The van der Waals surface area contributed by atoms with E-state index in [2.05, 4.69) is 0 Å². The first-order valence-electron chi connectivity index (χ1n) is 5.61. The molecule has 1 heterocycles. The van der Waals surface area contributed by atoms with Crippen molar-refractivity contribution >= 4 is 17.3 Å². The molecule has 1 N–H and O–H groups in total. The van der Waals surface area contributed by atoms with Crippen molar-refractivity contribution in [2.75, 3.05) is 0 Å². The van der Waals surface area contributed by atoms with E-state index < -0.39 is 5.97 Å². The largest absolute Gasteiger partial charge is 0.477 e. The number of carbonyl (C=O) groups is 1. The fourth-order valence-corrected chi connectivity index (χ4v) is 2.49. The van der Waals surface area contributed by atoms with Gasteiger partial charge in [-0.1, -0.05) is 30.3 Å². The van der Waals surface area contributed by atoms with Crippen LogP contribution in [0.4, 0.5) is 0 Å². The first-order valence-corrected chi connectivity index (χ1v) is 6.42. The minimum atomic E-state index is -0.877. The van der Waals surface area contributed by atoms with Gasteiger partial charge in [-0.25, -0.2) is 4.79 Å². The van der Waals surface area contributed by atoms with Crippen LogP contribution in [0.1, 0.15) is 25.7 Å². The molecule has 0 amide bonds. The monoisotopic (exact) mass is 262 g/mol. The second-order valence-corrected chi connectivity index (χ2v) is 5.23. The molecule has 0 atom stereocenters. The van der Waals surface area contributed by atoms with Crippen molar-refractivity contribution in [1.82, 2.24) is 0 Å². The standard InChI is InChI=1S/C14H14O3S/c1-10-12(7-13(18-10)14(15)16)9-17-8-11-5-3-2-4-6-11/h2-7H,8-9H2,1H3,(H,15,16). The van der Waals surface area contributed by atoms with Crippen LogP contribution in [0.25, 0.3) is 0 Å². The Morgan fingerprint density at radius 3 is 2.61 bits per heavy atom. The summed E-state index contributed by atoms with van der Waals surface area (Å²) >= 11 is 1.29. The average Bonchev–Trinajstić information content (AvgIpc) is 2.73. The number of hydrogen-bond donors (Lipinski definition) is 1. The quantitative estimate of drug-likeness (QED) is 0.897. The fraction of sp³-hybridized carbons (Fsp3) is 0.214. The highest BCUT2D eigenvalue weighted by molar-refractivity contribution is 7.14. The number of carboxylic acid groups (broad SMARTS) is 1. The summed E-state index contributed by atoms with van der Waals surface area (Å²) in [6, 6.07) is 11.6. The number of hydrogen-bond acceptors (Lipinski definition) is 3. The van der Waals surface area contributed by atoms with Gasteiger partial charge in [0.2, 0.25) is 0 Å². The molecule has 3 nitrogen and oxygen atoms in total. The van der Waals surface area contributed by atoms with Crippen molar-refractivity contribution in [3.63, 3.8) is 0 Å². The van der Waals surface area contributed by atoms with Gasteiger partial charge in [0.05, 0.1) is 13.2 Å². The molecule has 0 saturated carbocycles. The van der Waals surface area contributed by atoms with Gasteiger partial charge >= 0.3 is 5.97 Å². The zero-order valence-electron chi connectivity index (χ0n) is 10.1. The summed E-state index contributed by atoms with van der Waals surface area (Å²) in [6.45, 7) is 2.90. The van der Waals surface area contributed by atoms with Crippen molar-refractivity contribution in [2.45, 2.75) is 20.1 Å². The van der Waals surface area contributed by atoms with Crippen LogP contribution in [0.5, 0.6) is 0 Å². The van der Waals surface area contributed by atoms with Crippen molar-refractivity contribution < 1.29 is 14.6 Å². The molecule has 0 aliphatic rings. The lowest BCUT2D eigenvalue weighted by Crippen LogP contribution is -1.94. The Bertz CT molecular complexity index is 531. The van der Waals surface area contributed by atoms with Gasteiger partial charge in [-0.15, -0.1) is 11.3 Å². The fourth-order valence-electron chi connectivity index (χ4n) is 1.62. The molecule has 18 heavy (non-hydrogen) atoms. The second kappa shape index (κ2) is 5.80. The summed E-state index contributed by atoms with van der Waals surface area (Å²) in [6.07, 6.45) is 0. The summed E-state index contributed by atoms with van der Waals surface area (Å²) in [5.74, 6) is -0.877. The highest BCUT2D eigenvalue weighted by Crippen LogP contribution is 2.22. The maximum atomic E-state index is 10.8. The number of thiophene rings is 1. The molecular formula is C14H14O3S. The topological polar surface area (TPSA) is 46.5 Å². The van der Waals surface area contributed by atoms with E-state index in [0.717, 1.165) is 16.0 Å². The summed E-state index contributed by atoms with van der Waals surface area (Å²) in [4.78, 5) is 12.2. The number of aryl methyl sites for hydroxylation is 1. The highest BCUT2D eigenvalue weighted by Gasteiger charge is 2.10. The minimum Gasteiger partial charge on any atom is -0.477 e. The first kappa shape index (κ1) is 12.8. The lowest BCUT2D eigenvalue weighted by Gasteiger charge is -2.03. The molecule has 0 unspecified atom stereocenters. The number of rotatable bonds is 5. The van der Waals surface area contributed by atoms with Gasteiger partial charge in [0.15, 0.2) is 0 Å². The molecule has 2 aromatic rings. The Morgan fingerprint density at radius 1 is 1.28 bits per heavy atom. The molecule has 0 fully saturated rings. The zero-order chi connectivity index (χ0) is 13.0. The van der Waals surface area contributed by atoms with E-state index in [1.807, 2.05) is 37.3 Å².